The number of rotatable bonds is 9. The zero-order valence-electron chi connectivity index (χ0n) is 11.8. The number of carbonyl (C=O) groups is 3. The second-order valence-corrected chi connectivity index (χ2v) is 4.03. The standard InChI is InChI=1S/C13H22O6/c1-4-6-8-17-12(15)11(19-10(3)14)13(16)18-9-7-5-2/h11H,4-9H2,1-3H3. The van der Waals surface area contributed by atoms with E-state index in [4.69, 9.17) is 9.47 Å². The Morgan fingerprint density at radius 2 is 1.32 bits per heavy atom. The summed E-state index contributed by atoms with van der Waals surface area (Å²) >= 11 is 0. The highest BCUT2D eigenvalue weighted by Crippen LogP contribution is 2.03. The summed E-state index contributed by atoms with van der Waals surface area (Å²) in [5.74, 6) is -2.50. The highest BCUT2D eigenvalue weighted by molar-refractivity contribution is 5.99. The van der Waals surface area contributed by atoms with Crippen LogP contribution in [0.4, 0.5) is 0 Å². The SMILES string of the molecule is CCCCOC(=O)C(OC(C)=O)C(=O)OCCCC. The first kappa shape index (κ1) is 17.4. The predicted octanol–water partition coefficient (Wildman–Crippen LogP) is 1.60. The van der Waals surface area contributed by atoms with Crippen LogP contribution in [0.25, 0.3) is 0 Å². The molecule has 0 heterocycles. The first-order chi connectivity index (χ1) is 9.02. The lowest BCUT2D eigenvalue weighted by Gasteiger charge is -2.14. The molecule has 0 aromatic rings. The van der Waals surface area contributed by atoms with Crippen molar-refractivity contribution in [1.29, 1.82) is 0 Å². The zero-order chi connectivity index (χ0) is 14.7. The van der Waals surface area contributed by atoms with E-state index in [9.17, 15) is 14.4 Å². The van der Waals surface area contributed by atoms with Gasteiger partial charge in [0.15, 0.2) is 0 Å². The molecule has 6 heteroatoms. The summed E-state index contributed by atoms with van der Waals surface area (Å²) in [5, 5.41) is 0. The minimum absolute atomic E-state index is 0.190. The van der Waals surface area contributed by atoms with Gasteiger partial charge in [0.1, 0.15) is 0 Å². The Bertz CT molecular complexity index is 278. The lowest BCUT2D eigenvalue weighted by Crippen LogP contribution is -2.37. The van der Waals surface area contributed by atoms with Gasteiger partial charge >= 0.3 is 17.9 Å². The van der Waals surface area contributed by atoms with Crippen LogP contribution in [0.2, 0.25) is 0 Å². The second kappa shape index (κ2) is 10.3. The maximum atomic E-state index is 11.6. The van der Waals surface area contributed by atoms with Gasteiger partial charge in [-0.3, -0.25) is 4.79 Å². The maximum absolute atomic E-state index is 11.6. The van der Waals surface area contributed by atoms with Crippen LogP contribution >= 0.6 is 0 Å². The number of carbonyl (C=O) groups excluding carboxylic acids is 3. The van der Waals surface area contributed by atoms with Crippen molar-refractivity contribution in [2.24, 2.45) is 0 Å². The number of hydrogen-bond donors (Lipinski definition) is 0. The van der Waals surface area contributed by atoms with E-state index in [2.05, 4.69) is 4.74 Å². The van der Waals surface area contributed by atoms with Gasteiger partial charge in [-0.25, -0.2) is 9.59 Å². The third-order valence-electron chi connectivity index (χ3n) is 2.20. The van der Waals surface area contributed by atoms with Crippen LogP contribution in [0.1, 0.15) is 46.5 Å². The fourth-order valence-electron chi connectivity index (χ4n) is 1.14. The van der Waals surface area contributed by atoms with Crippen molar-refractivity contribution in [2.45, 2.75) is 52.6 Å². The summed E-state index contributed by atoms with van der Waals surface area (Å²) in [7, 11) is 0. The van der Waals surface area contributed by atoms with Gasteiger partial charge in [-0.15, -0.1) is 0 Å². The molecule has 0 fully saturated rings. The summed E-state index contributed by atoms with van der Waals surface area (Å²) in [6.45, 7) is 5.38. The largest absolute Gasteiger partial charge is 0.462 e. The van der Waals surface area contributed by atoms with Gasteiger partial charge in [0.05, 0.1) is 13.2 Å². The average Bonchev–Trinajstić information content (AvgIpc) is 2.36. The molecule has 0 aliphatic carbocycles. The van der Waals surface area contributed by atoms with Crippen molar-refractivity contribution in [2.75, 3.05) is 13.2 Å². The maximum Gasteiger partial charge on any atom is 0.359 e. The molecule has 0 bridgehead atoms. The smallest absolute Gasteiger partial charge is 0.359 e. The van der Waals surface area contributed by atoms with Crippen molar-refractivity contribution in [3.05, 3.63) is 0 Å². The Hall–Kier alpha value is -1.59. The van der Waals surface area contributed by atoms with Gasteiger partial charge < -0.3 is 14.2 Å². The van der Waals surface area contributed by atoms with E-state index < -0.39 is 24.0 Å². The van der Waals surface area contributed by atoms with E-state index in [1.165, 1.54) is 0 Å². The molecule has 19 heavy (non-hydrogen) atoms. The Morgan fingerprint density at radius 3 is 1.63 bits per heavy atom. The van der Waals surface area contributed by atoms with Gasteiger partial charge in [0.2, 0.25) is 0 Å². The Kier molecular flexibility index (Phi) is 9.48. The molecule has 0 aliphatic heterocycles. The number of hydrogen-bond acceptors (Lipinski definition) is 6. The lowest BCUT2D eigenvalue weighted by atomic mass is 10.3. The van der Waals surface area contributed by atoms with Crippen LogP contribution in [0.3, 0.4) is 0 Å². The first-order valence-electron chi connectivity index (χ1n) is 6.53. The number of esters is 3. The molecule has 0 aromatic heterocycles. The lowest BCUT2D eigenvalue weighted by molar-refractivity contribution is -0.179. The van der Waals surface area contributed by atoms with Gasteiger partial charge in [0.25, 0.3) is 6.10 Å². The van der Waals surface area contributed by atoms with E-state index in [1.54, 1.807) is 0 Å². The van der Waals surface area contributed by atoms with Crippen molar-refractivity contribution in [3.63, 3.8) is 0 Å². The highest BCUT2D eigenvalue weighted by Gasteiger charge is 2.32. The topological polar surface area (TPSA) is 78.9 Å². The molecule has 0 aliphatic rings. The fourth-order valence-corrected chi connectivity index (χ4v) is 1.14. The van der Waals surface area contributed by atoms with Crippen LogP contribution in [-0.4, -0.2) is 37.2 Å². The molecule has 6 nitrogen and oxygen atoms in total. The monoisotopic (exact) mass is 274 g/mol. The molecule has 0 N–H and O–H groups in total. The molecule has 0 aromatic carbocycles. The quantitative estimate of drug-likeness (QED) is 0.275. The highest BCUT2D eigenvalue weighted by atomic mass is 16.6. The van der Waals surface area contributed by atoms with Crippen molar-refractivity contribution >= 4 is 17.9 Å². The summed E-state index contributed by atoms with van der Waals surface area (Å²) in [6, 6.07) is 0. The van der Waals surface area contributed by atoms with Gasteiger partial charge in [0, 0.05) is 6.92 Å². The van der Waals surface area contributed by atoms with Crippen molar-refractivity contribution in [3.8, 4) is 0 Å². The summed E-state index contributed by atoms with van der Waals surface area (Å²) in [4.78, 5) is 34.1. The van der Waals surface area contributed by atoms with Gasteiger partial charge in [-0.1, -0.05) is 26.7 Å². The van der Waals surface area contributed by atoms with E-state index in [0.29, 0.717) is 12.8 Å². The van der Waals surface area contributed by atoms with E-state index in [1.807, 2.05) is 13.8 Å². The van der Waals surface area contributed by atoms with Crippen molar-refractivity contribution in [1.82, 2.24) is 0 Å². The first-order valence-corrected chi connectivity index (χ1v) is 6.53. The third kappa shape index (κ3) is 8.18. The molecule has 0 saturated heterocycles. The van der Waals surface area contributed by atoms with Gasteiger partial charge in [-0.05, 0) is 12.8 Å². The summed E-state index contributed by atoms with van der Waals surface area (Å²) in [5.41, 5.74) is 0. The Balaban J connectivity index is 4.38. The van der Waals surface area contributed by atoms with Gasteiger partial charge in [-0.2, -0.15) is 0 Å². The van der Waals surface area contributed by atoms with Crippen LogP contribution < -0.4 is 0 Å². The average molecular weight is 274 g/mol. The summed E-state index contributed by atoms with van der Waals surface area (Å²) in [6.07, 6.45) is 1.46. The third-order valence-corrected chi connectivity index (χ3v) is 2.20. The predicted molar refractivity (Wildman–Crippen MR) is 67.3 cm³/mol. The molecule has 110 valence electrons. The normalized spacial score (nSPS) is 10.1. The molecule has 0 saturated carbocycles. The molecule has 0 amide bonds. The zero-order valence-corrected chi connectivity index (χ0v) is 11.8. The van der Waals surface area contributed by atoms with E-state index in [-0.39, 0.29) is 13.2 Å². The molecule has 0 atom stereocenters. The van der Waals surface area contributed by atoms with E-state index >= 15 is 0 Å². The Morgan fingerprint density at radius 1 is 0.895 bits per heavy atom. The van der Waals surface area contributed by atoms with Crippen molar-refractivity contribution < 1.29 is 28.6 Å². The fraction of sp³-hybridized carbons (Fsp3) is 0.769. The van der Waals surface area contributed by atoms with Crippen LogP contribution in [0, 0.1) is 0 Å². The molecular weight excluding hydrogens is 252 g/mol. The van der Waals surface area contributed by atoms with E-state index in [0.717, 1.165) is 19.8 Å². The minimum atomic E-state index is -1.62. The molecule has 0 spiro atoms. The minimum Gasteiger partial charge on any atom is -0.462 e. The molecule has 0 rings (SSSR count). The number of ether oxygens (including phenoxy) is 3. The molecular formula is C13H22O6. The summed E-state index contributed by atoms with van der Waals surface area (Å²) < 4.78 is 14.4. The molecule has 0 radical (unpaired) electrons. The van der Waals surface area contributed by atoms with Crippen LogP contribution in [0.15, 0.2) is 0 Å². The number of unbranched alkanes of at least 4 members (excludes halogenated alkanes) is 2. The van der Waals surface area contributed by atoms with Crippen LogP contribution in [-0.2, 0) is 28.6 Å². The van der Waals surface area contributed by atoms with Crippen LogP contribution in [0.5, 0.6) is 0 Å². The molecule has 0 unspecified atom stereocenters. The Labute approximate surface area is 113 Å². The second-order valence-electron chi connectivity index (χ2n) is 4.03.